The van der Waals surface area contributed by atoms with Crippen molar-refractivity contribution in [3.63, 3.8) is 0 Å². The first kappa shape index (κ1) is 15.0. The van der Waals surface area contributed by atoms with E-state index in [-0.39, 0.29) is 0 Å². The van der Waals surface area contributed by atoms with Crippen molar-refractivity contribution in [1.82, 2.24) is 4.90 Å². The first-order valence-corrected chi connectivity index (χ1v) is 6.58. The number of hydrogen-bond donors (Lipinski definition) is 1. The van der Waals surface area contributed by atoms with Crippen molar-refractivity contribution >= 4 is 21.6 Å². The molecule has 1 rings (SSSR count). The van der Waals surface area contributed by atoms with E-state index in [2.05, 4.69) is 32.2 Å². The van der Waals surface area contributed by atoms with Crippen LogP contribution in [-0.2, 0) is 4.74 Å². The molecule has 0 atom stereocenters. The predicted molar refractivity (Wildman–Crippen MR) is 76.7 cm³/mol. The van der Waals surface area contributed by atoms with Crippen LogP contribution in [0, 0.1) is 11.3 Å². The number of benzene rings is 1. The fraction of sp³-hybridized carbons (Fsp3) is 0.462. The molecule has 5 heteroatoms. The molecule has 0 aliphatic carbocycles. The van der Waals surface area contributed by atoms with Gasteiger partial charge in [-0.1, -0.05) is 6.07 Å². The van der Waals surface area contributed by atoms with Crippen LogP contribution in [0.5, 0.6) is 0 Å². The summed E-state index contributed by atoms with van der Waals surface area (Å²) in [6.45, 7) is 3.34. The summed E-state index contributed by atoms with van der Waals surface area (Å²) < 4.78 is 5.84. The molecule has 18 heavy (non-hydrogen) atoms. The molecule has 0 radical (unpaired) electrons. The van der Waals surface area contributed by atoms with E-state index in [9.17, 15) is 0 Å². The lowest BCUT2D eigenvalue weighted by Crippen LogP contribution is -2.28. The third-order valence-electron chi connectivity index (χ3n) is 2.61. The van der Waals surface area contributed by atoms with E-state index in [1.54, 1.807) is 7.11 Å². The van der Waals surface area contributed by atoms with E-state index in [0.717, 1.165) is 36.4 Å². The van der Waals surface area contributed by atoms with Crippen molar-refractivity contribution in [2.75, 3.05) is 45.7 Å². The molecule has 4 nitrogen and oxygen atoms in total. The standard InChI is InChI=1S/C13H18BrN3O/c1-17(8-9-18-2)7-6-16-13-5-3-4-12(14)11(13)10-15/h3-5,16H,6-9H2,1-2H3. The Bertz CT molecular complexity index is 417. The maximum absolute atomic E-state index is 9.08. The van der Waals surface area contributed by atoms with E-state index in [1.807, 2.05) is 25.2 Å². The lowest BCUT2D eigenvalue weighted by Gasteiger charge is -2.17. The molecule has 0 saturated heterocycles. The summed E-state index contributed by atoms with van der Waals surface area (Å²) in [7, 11) is 3.75. The Morgan fingerprint density at radius 2 is 2.22 bits per heavy atom. The largest absolute Gasteiger partial charge is 0.383 e. The molecule has 0 aromatic heterocycles. The average Bonchev–Trinajstić information content (AvgIpc) is 2.36. The number of rotatable bonds is 7. The summed E-state index contributed by atoms with van der Waals surface area (Å²) in [5.41, 5.74) is 1.52. The Balaban J connectivity index is 2.45. The molecule has 0 spiro atoms. The molecular formula is C13H18BrN3O. The molecule has 0 bridgehead atoms. The van der Waals surface area contributed by atoms with Crippen LogP contribution >= 0.6 is 15.9 Å². The van der Waals surface area contributed by atoms with Gasteiger partial charge in [-0.25, -0.2) is 0 Å². The molecule has 1 aromatic carbocycles. The van der Waals surface area contributed by atoms with E-state index < -0.39 is 0 Å². The first-order chi connectivity index (χ1) is 8.69. The molecule has 98 valence electrons. The van der Waals surface area contributed by atoms with Crippen LogP contribution < -0.4 is 5.32 Å². The molecule has 1 aromatic rings. The lowest BCUT2D eigenvalue weighted by atomic mass is 10.2. The second-order valence-electron chi connectivity index (χ2n) is 4.00. The highest BCUT2D eigenvalue weighted by Crippen LogP contribution is 2.23. The van der Waals surface area contributed by atoms with Crippen LogP contribution in [0.3, 0.4) is 0 Å². The summed E-state index contributed by atoms with van der Waals surface area (Å²) in [4.78, 5) is 2.18. The van der Waals surface area contributed by atoms with Gasteiger partial charge >= 0.3 is 0 Å². The highest BCUT2D eigenvalue weighted by atomic mass is 79.9. The van der Waals surface area contributed by atoms with Gasteiger partial charge in [0.15, 0.2) is 0 Å². The van der Waals surface area contributed by atoms with Crippen LogP contribution in [0.2, 0.25) is 0 Å². The fourth-order valence-corrected chi connectivity index (χ4v) is 1.98. The Morgan fingerprint density at radius 1 is 1.44 bits per heavy atom. The van der Waals surface area contributed by atoms with Gasteiger partial charge in [0.25, 0.3) is 0 Å². The topological polar surface area (TPSA) is 48.3 Å². The maximum atomic E-state index is 9.08. The average molecular weight is 312 g/mol. The molecular weight excluding hydrogens is 294 g/mol. The van der Waals surface area contributed by atoms with Crippen LogP contribution in [0.25, 0.3) is 0 Å². The van der Waals surface area contributed by atoms with Crippen LogP contribution in [0.15, 0.2) is 22.7 Å². The molecule has 1 N–H and O–H groups in total. The van der Waals surface area contributed by atoms with E-state index >= 15 is 0 Å². The van der Waals surface area contributed by atoms with Gasteiger partial charge in [0.05, 0.1) is 17.9 Å². The van der Waals surface area contributed by atoms with Crippen LogP contribution in [-0.4, -0.2) is 45.3 Å². The smallest absolute Gasteiger partial charge is 0.103 e. The first-order valence-electron chi connectivity index (χ1n) is 5.79. The number of nitriles is 1. The second-order valence-corrected chi connectivity index (χ2v) is 4.85. The fourth-order valence-electron chi connectivity index (χ4n) is 1.53. The third-order valence-corrected chi connectivity index (χ3v) is 3.27. The van der Waals surface area contributed by atoms with Gasteiger partial charge in [-0.2, -0.15) is 5.26 Å². The Kier molecular flexibility index (Phi) is 6.73. The quantitative estimate of drug-likeness (QED) is 0.839. The minimum Gasteiger partial charge on any atom is -0.383 e. The number of hydrogen-bond acceptors (Lipinski definition) is 4. The SMILES string of the molecule is COCCN(C)CCNc1cccc(Br)c1C#N. The summed E-state index contributed by atoms with van der Waals surface area (Å²) >= 11 is 3.37. The van der Waals surface area contributed by atoms with Crippen molar-refractivity contribution in [2.45, 2.75) is 0 Å². The lowest BCUT2D eigenvalue weighted by molar-refractivity contribution is 0.163. The van der Waals surface area contributed by atoms with Crippen molar-refractivity contribution in [2.24, 2.45) is 0 Å². The minimum atomic E-state index is 0.650. The summed E-state index contributed by atoms with van der Waals surface area (Å²) in [5, 5.41) is 12.4. The van der Waals surface area contributed by atoms with E-state index in [1.165, 1.54) is 0 Å². The summed E-state index contributed by atoms with van der Waals surface area (Å²) in [6.07, 6.45) is 0. The van der Waals surface area contributed by atoms with Gasteiger partial charge in [-0.3, -0.25) is 0 Å². The molecule has 0 amide bonds. The normalized spacial score (nSPS) is 10.4. The summed E-state index contributed by atoms with van der Waals surface area (Å²) in [5.74, 6) is 0. The monoisotopic (exact) mass is 311 g/mol. The number of nitrogens with zero attached hydrogens (tertiary/aromatic N) is 2. The Labute approximate surface area is 117 Å². The molecule has 0 aliphatic rings. The van der Waals surface area contributed by atoms with E-state index in [0.29, 0.717) is 5.56 Å². The van der Waals surface area contributed by atoms with Gasteiger partial charge in [-0.15, -0.1) is 0 Å². The molecule has 0 saturated carbocycles. The van der Waals surface area contributed by atoms with Crippen LogP contribution in [0.4, 0.5) is 5.69 Å². The number of likely N-dealkylation sites (N-methyl/N-ethyl adjacent to an activating group) is 1. The van der Waals surface area contributed by atoms with Crippen molar-refractivity contribution in [1.29, 1.82) is 5.26 Å². The zero-order valence-electron chi connectivity index (χ0n) is 10.7. The van der Waals surface area contributed by atoms with Crippen molar-refractivity contribution < 1.29 is 4.74 Å². The predicted octanol–water partition coefficient (Wildman–Crippen LogP) is 2.31. The highest BCUT2D eigenvalue weighted by molar-refractivity contribution is 9.10. The van der Waals surface area contributed by atoms with Crippen LogP contribution in [0.1, 0.15) is 5.56 Å². The maximum Gasteiger partial charge on any atom is 0.103 e. The van der Waals surface area contributed by atoms with Gasteiger partial charge in [0, 0.05) is 31.2 Å². The molecule has 0 aliphatic heterocycles. The van der Waals surface area contributed by atoms with Gasteiger partial charge in [0.1, 0.15) is 6.07 Å². The Morgan fingerprint density at radius 3 is 2.89 bits per heavy atom. The summed E-state index contributed by atoms with van der Waals surface area (Å²) in [6, 6.07) is 7.90. The number of nitrogens with one attached hydrogen (secondary N) is 1. The number of ether oxygens (including phenoxy) is 1. The number of halogens is 1. The van der Waals surface area contributed by atoms with E-state index in [4.69, 9.17) is 10.00 Å². The van der Waals surface area contributed by atoms with Gasteiger partial charge < -0.3 is 15.0 Å². The number of anilines is 1. The zero-order valence-corrected chi connectivity index (χ0v) is 12.3. The third kappa shape index (κ3) is 4.65. The Hall–Kier alpha value is -1.09. The van der Waals surface area contributed by atoms with Crippen molar-refractivity contribution in [3.8, 4) is 6.07 Å². The second kappa shape index (κ2) is 8.09. The molecule has 0 heterocycles. The highest BCUT2D eigenvalue weighted by Gasteiger charge is 2.05. The van der Waals surface area contributed by atoms with Gasteiger partial charge in [0.2, 0.25) is 0 Å². The minimum absolute atomic E-state index is 0.650. The van der Waals surface area contributed by atoms with Gasteiger partial charge in [-0.05, 0) is 35.1 Å². The molecule has 0 fully saturated rings. The number of methoxy groups -OCH3 is 1. The molecule has 0 unspecified atom stereocenters. The van der Waals surface area contributed by atoms with Crippen molar-refractivity contribution in [3.05, 3.63) is 28.2 Å². The zero-order chi connectivity index (χ0) is 13.4.